The van der Waals surface area contributed by atoms with Gasteiger partial charge in [-0.25, -0.2) is 4.57 Å². The molecule has 0 aromatic rings. The molecular weight excluding hydrogens is 197 g/mol. The lowest BCUT2D eigenvalue weighted by atomic mass is 10.4. The predicted octanol–water partition coefficient (Wildman–Crippen LogP) is 0.300. The van der Waals surface area contributed by atoms with Crippen molar-refractivity contribution in [3.05, 3.63) is 0 Å². The maximum absolute atomic E-state index is 10.6. The summed E-state index contributed by atoms with van der Waals surface area (Å²) in [6.45, 7) is 3.11. The van der Waals surface area contributed by atoms with Crippen molar-refractivity contribution in [2.75, 3.05) is 19.8 Å². The van der Waals surface area contributed by atoms with Crippen molar-refractivity contribution in [3.8, 4) is 0 Å². The Bertz CT molecular complexity index is 201. The van der Waals surface area contributed by atoms with Crippen molar-refractivity contribution in [3.63, 3.8) is 0 Å². The third-order valence-corrected chi connectivity index (χ3v) is 1.90. The number of carbonyl (C=O) groups is 1. The van der Waals surface area contributed by atoms with Crippen molar-refractivity contribution in [1.82, 2.24) is 5.32 Å². The predicted molar refractivity (Wildman–Crippen MR) is 46.6 cm³/mol. The molecule has 78 valence electrons. The van der Waals surface area contributed by atoms with E-state index in [9.17, 15) is 9.36 Å². The summed E-state index contributed by atoms with van der Waals surface area (Å²) in [5, 5.41) is 2.10. The van der Waals surface area contributed by atoms with E-state index in [1.165, 1.54) is 0 Å². The molecule has 0 atom stereocenters. The van der Waals surface area contributed by atoms with E-state index >= 15 is 0 Å². The monoisotopic (exact) mass is 211 g/mol. The molecule has 0 fully saturated rings. The van der Waals surface area contributed by atoms with Gasteiger partial charge in [0.15, 0.2) is 0 Å². The molecule has 0 spiro atoms. The summed E-state index contributed by atoms with van der Waals surface area (Å²) in [6, 6.07) is 0. The van der Waals surface area contributed by atoms with E-state index in [0.29, 0.717) is 19.6 Å². The van der Waals surface area contributed by atoms with Crippen LogP contribution in [-0.2, 0) is 9.30 Å². The summed E-state index contributed by atoms with van der Waals surface area (Å²) in [5.41, 5.74) is -1.23. The summed E-state index contributed by atoms with van der Waals surface area (Å²) in [6.07, 6.45) is 0.541. The second kappa shape index (κ2) is 6.10. The van der Waals surface area contributed by atoms with Gasteiger partial charge in [-0.05, 0) is 13.3 Å². The molecule has 0 aliphatic heterocycles. The lowest BCUT2D eigenvalue weighted by molar-refractivity contribution is 0.145. The lowest BCUT2D eigenvalue weighted by Crippen LogP contribution is -2.23. The van der Waals surface area contributed by atoms with E-state index in [-0.39, 0.29) is 6.54 Å². The van der Waals surface area contributed by atoms with Crippen molar-refractivity contribution >= 4 is 13.2 Å². The Morgan fingerprint density at radius 3 is 2.62 bits per heavy atom. The lowest BCUT2D eigenvalue weighted by Gasteiger charge is -2.05. The Morgan fingerprint density at radius 2 is 2.15 bits per heavy atom. The number of hydrogen-bond acceptors (Lipinski definition) is 3. The Labute approximate surface area is 76.4 Å². The van der Waals surface area contributed by atoms with E-state index in [0.717, 1.165) is 0 Å². The molecule has 3 N–H and O–H groups in total. The quantitative estimate of drug-likeness (QED) is 0.433. The first kappa shape index (κ1) is 12.6. The average Bonchev–Trinajstić information content (AvgIpc) is 2.02. The van der Waals surface area contributed by atoms with Crippen molar-refractivity contribution in [2.24, 2.45) is 0 Å². The molecule has 0 rings (SSSR count). The van der Waals surface area contributed by atoms with Gasteiger partial charge in [-0.1, -0.05) is 0 Å². The van der Waals surface area contributed by atoms with Gasteiger partial charge in [0.2, 0.25) is 0 Å². The molecule has 0 heterocycles. The van der Waals surface area contributed by atoms with Gasteiger partial charge in [-0.2, -0.15) is 0 Å². The van der Waals surface area contributed by atoms with Crippen LogP contribution in [0, 0.1) is 0 Å². The summed E-state index contributed by atoms with van der Waals surface area (Å²) in [4.78, 5) is 27.3. The van der Waals surface area contributed by atoms with Crippen molar-refractivity contribution in [2.45, 2.75) is 13.3 Å². The molecule has 0 aromatic carbocycles. The Hall–Kier alpha value is -0.420. The normalized spacial score (nSPS) is 11.3. The number of rotatable bonds is 6. The van der Waals surface area contributed by atoms with Gasteiger partial charge in [0.1, 0.15) is 0 Å². The maximum atomic E-state index is 10.6. The Kier molecular flexibility index (Phi) is 5.90. The van der Waals surface area contributed by atoms with E-state index in [1.807, 2.05) is 6.92 Å². The molecule has 6 nitrogen and oxygen atoms in total. The zero-order chi connectivity index (χ0) is 10.3. The smallest absolute Gasteiger partial charge is 0.382 e. The number of ether oxygens (including phenoxy) is 1. The number of amides is 1. The number of carbonyl (C=O) groups excluding carboxylic acids is 1. The summed E-state index contributed by atoms with van der Waals surface area (Å²) in [5.74, 6) is 0. The highest BCUT2D eigenvalue weighted by molar-refractivity contribution is 7.69. The molecule has 0 unspecified atom stereocenters. The van der Waals surface area contributed by atoms with E-state index in [2.05, 4.69) is 5.32 Å². The van der Waals surface area contributed by atoms with Crippen LogP contribution in [0.1, 0.15) is 13.3 Å². The minimum Gasteiger partial charge on any atom is -0.382 e. The summed E-state index contributed by atoms with van der Waals surface area (Å²) in [7, 11) is -4.60. The molecule has 0 aliphatic carbocycles. The third kappa shape index (κ3) is 6.72. The van der Waals surface area contributed by atoms with Crippen LogP contribution in [0.15, 0.2) is 0 Å². The molecular formula is C6H14NO5P. The van der Waals surface area contributed by atoms with Crippen LogP contribution < -0.4 is 5.32 Å². The minimum absolute atomic E-state index is 0.212. The topological polar surface area (TPSA) is 95.9 Å². The van der Waals surface area contributed by atoms with Gasteiger partial charge in [0, 0.05) is 19.8 Å². The highest BCUT2D eigenvalue weighted by Gasteiger charge is 2.24. The molecule has 0 saturated heterocycles. The van der Waals surface area contributed by atoms with Crippen LogP contribution in [0.25, 0.3) is 0 Å². The van der Waals surface area contributed by atoms with Crippen LogP contribution in [0.2, 0.25) is 0 Å². The van der Waals surface area contributed by atoms with Gasteiger partial charge in [0.05, 0.1) is 0 Å². The second-order valence-electron chi connectivity index (χ2n) is 2.33. The first-order chi connectivity index (χ1) is 5.98. The van der Waals surface area contributed by atoms with Crippen LogP contribution in [0.4, 0.5) is 4.79 Å². The average molecular weight is 211 g/mol. The van der Waals surface area contributed by atoms with Gasteiger partial charge in [-0.3, -0.25) is 4.79 Å². The molecule has 1 amide bonds. The van der Waals surface area contributed by atoms with Crippen LogP contribution in [0.5, 0.6) is 0 Å². The number of nitrogens with one attached hydrogen (secondary N) is 1. The Balaban J connectivity index is 3.44. The van der Waals surface area contributed by atoms with Crippen LogP contribution in [0.3, 0.4) is 0 Å². The first-order valence-electron chi connectivity index (χ1n) is 3.90. The first-order valence-corrected chi connectivity index (χ1v) is 5.51. The van der Waals surface area contributed by atoms with E-state index in [4.69, 9.17) is 14.5 Å². The maximum Gasteiger partial charge on any atom is 0.413 e. The second-order valence-corrected chi connectivity index (χ2v) is 3.82. The molecule has 0 aliphatic rings. The fourth-order valence-electron chi connectivity index (χ4n) is 0.617. The highest BCUT2D eigenvalue weighted by atomic mass is 31.2. The zero-order valence-electron chi connectivity index (χ0n) is 7.39. The highest BCUT2D eigenvalue weighted by Crippen LogP contribution is 2.34. The van der Waals surface area contributed by atoms with E-state index < -0.39 is 13.2 Å². The van der Waals surface area contributed by atoms with Crippen molar-refractivity contribution < 1.29 is 23.9 Å². The van der Waals surface area contributed by atoms with E-state index in [1.54, 1.807) is 0 Å². The Morgan fingerprint density at radius 1 is 1.54 bits per heavy atom. The summed E-state index contributed by atoms with van der Waals surface area (Å²) < 4.78 is 15.3. The van der Waals surface area contributed by atoms with Crippen molar-refractivity contribution in [1.29, 1.82) is 0 Å². The molecule has 7 heteroatoms. The van der Waals surface area contributed by atoms with Gasteiger partial charge < -0.3 is 19.8 Å². The molecule has 13 heavy (non-hydrogen) atoms. The molecule has 0 radical (unpaired) electrons. The molecule has 0 bridgehead atoms. The fourth-order valence-corrected chi connectivity index (χ4v) is 0.935. The molecule has 0 aromatic heterocycles. The van der Waals surface area contributed by atoms with Gasteiger partial charge in [-0.15, -0.1) is 0 Å². The largest absolute Gasteiger partial charge is 0.413 e. The van der Waals surface area contributed by atoms with Crippen LogP contribution in [-0.4, -0.2) is 35.2 Å². The standard InChI is InChI=1S/C6H14NO5P/c1-2-12-5-3-4-7-6(8)13(9,10)11/h2-5H2,1H3,(H,7,8)(H2,9,10,11). The third-order valence-electron chi connectivity index (χ3n) is 1.21. The SMILES string of the molecule is CCOCCCNC(=O)P(=O)(O)O. The van der Waals surface area contributed by atoms with Crippen LogP contribution >= 0.6 is 7.60 Å². The molecule has 0 saturated carbocycles. The number of hydrogen-bond donors (Lipinski definition) is 3. The summed E-state index contributed by atoms with van der Waals surface area (Å²) >= 11 is 0. The zero-order valence-corrected chi connectivity index (χ0v) is 8.29. The fraction of sp³-hybridized carbons (Fsp3) is 0.833. The van der Waals surface area contributed by atoms with Gasteiger partial charge in [0.25, 0.3) is 0 Å². The minimum atomic E-state index is -4.60. The van der Waals surface area contributed by atoms with Gasteiger partial charge >= 0.3 is 13.2 Å².